The third-order valence-electron chi connectivity index (χ3n) is 3.21. The van der Waals surface area contributed by atoms with Crippen molar-refractivity contribution in [3.05, 3.63) is 0 Å². The Morgan fingerprint density at radius 2 is 1.83 bits per heavy atom. The number of hydrogen-bond donors (Lipinski definition) is 0. The van der Waals surface area contributed by atoms with Crippen molar-refractivity contribution in [2.24, 2.45) is 11.3 Å². The molecule has 68 valence electrons. The lowest BCUT2D eigenvalue weighted by atomic mass is 9.71. The van der Waals surface area contributed by atoms with E-state index in [-0.39, 0.29) is 5.41 Å². The van der Waals surface area contributed by atoms with E-state index >= 15 is 0 Å². The van der Waals surface area contributed by atoms with Gasteiger partial charge < -0.3 is 4.90 Å². The summed E-state index contributed by atoms with van der Waals surface area (Å²) < 4.78 is 0. The molecule has 0 unspecified atom stereocenters. The van der Waals surface area contributed by atoms with Crippen molar-refractivity contribution >= 4 is 0 Å². The zero-order chi connectivity index (χ0) is 9.19. The molecule has 1 rings (SSSR count). The lowest BCUT2D eigenvalue weighted by Gasteiger charge is -2.38. The first-order valence-electron chi connectivity index (χ1n) is 4.70. The summed E-state index contributed by atoms with van der Waals surface area (Å²) in [5, 5.41) is 9.13. The van der Waals surface area contributed by atoms with Crippen molar-refractivity contribution in [1.29, 1.82) is 5.26 Å². The highest BCUT2D eigenvalue weighted by atomic mass is 15.1. The molecule has 0 atom stereocenters. The fourth-order valence-electron chi connectivity index (χ4n) is 1.84. The van der Waals surface area contributed by atoms with E-state index in [2.05, 4.69) is 31.9 Å². The zero-order valence-corrected chi connectivity index (χ0v) is 8.30. The van der Waals surface area contributed by atoms with Gasteiger partial charge in [-0.2, -0.15) is 5.26 Å². The minimum absolute atomic E-state index is 0.0352. The first-order chi connectivity index (χ1) is 5.60. The number of likely N-dealkylation sites (tertiary alicyclic amines) is 1. The highest BCUT2D eigenvalue weighted by molar-refractivity contribution is 5.03. The first-order valence-corrected chi connectivity index (χ1v) is 4.70. The van der Waals surface area contributed by atoms with Crippen LogP contribution < -0.4 is 0 Å². The minimum atomic E-state index is -0.0352. The van der Waals surface area contributed by atoms with E-state index in [4.69, 9.17) is 5.26 Å². The highest BCUT2D eigenvalue weighted by Gasteiger charge is 2.36. The van der Waals surface area contributed by atoms with Crippen molar-refractivity contribution in [1.82, 2.24) is 4.90 Å². The highest BCUT2D eigenvalue weighted by Crippen LogP contribution is 2.37. The molecule has 1 fully saturated rings. The third kappa shape index (κ3) is 1.61. The Bertz CT molecular complexity index is 183. The SMILES string of the molecule is CC(C)C1(C#N)CCN(C)CC1. The van der Waals surface area contributed by atoms with Gasteiger partial charge in [-0.3, -0.25) is 0 Å². The predicted octanol–water partition coefficient (Wildman–Crippen LogP) is 1.88. The van der Waals surface area contributed by atoms with Crippen molar-refractivity contribution in [2.75, 3.05) is 20.1 Å². The number of hydrogen-bond acceptors (Lipinski definition) is 2. The monoisotopic (exact) mass is 166 g/mol. The molecular weight excluding hydrogens is 148 g/mol. The van der Waals surface area contributed by atoms with Gasteiger partial charge in [-0.25, -0.2) is 0 Å². The van der Waals surface area contributed by atoms with Gasteiger partial charge in [0, 0.05) is 0 Å². The van der Waals surface area contributed by atoms with Crippen LogP contribution in [0.15, 0.2) is 0 Å². The molecule has 0 aromatic heterocycles. The molecule has 0 radical (unpaired) electrons. The number of nitrogens with zero attached hydrogens (tertiary/aromatic N) is 2. The lowest BCUT2D eigenvalue weighted by molar-refractivity contribution is 0.127. The topological polar surface area (TPSA) is 27.0 Å². The van der Waals surface area contributed by atoms with Gasteiger partial charge in [0.15, 0.2) is 0 Å². The van der Waals surface area contributed by atoms with Crippen LogP contribution in [0.1, 0.15) is 26.7 Å². The second-order valence-corrected chi connectivity index (χ2v) is 4.23. The predicted molar refractivity (Wildman–Crippen MR) is 49.6 cm³/mol. The van der Waals surface area contributed by atoms with Crippen molar-refractivity contribution < 1.29 is 0 Å². The molecule has 12 heavy (non-hydrogen) atoms. The standard InChI is InChI=1S/C10H18N2/c1-9(2)10(8-11)4-6-12(3)7-5-10/h9H,4-7H2,1-3H3. The van der Waals surface area contributed by atoms with E-state index in [1.54, 1.807) is 0 Å². The van der Waals surface area contributed by atoms with Gasteiger partial charge in [-0.15, -0.1) is 0 Å². The zero-order valence-electron chi connectivity index (χ0n) is 8.30. The molecular formula is C10H18N2. The van der Waals surface area contributed by atoms with Gasteiger partial charge in [0.1, 0.15) is 0 Å². The summed E-state index contributed by atoms with van der Waals surface area (Å²) in [5.74, 6) is 0.496. The van der Waals surface area contributed by atoms with Crippen LogP contribution in [0, 0.1) is 22.7 Å². The maximum atomic E-state index is 9.13. The molecule has 1 heterocycles. The van der Waals surface area contributed by atoms with Gasteiger partial charge >= 0.3 is 0 Å². The number of rotatable bonds is 1. The summed E-state index contributed by atoms with van der Waals surface area (Å²) in [4.78, 5) is 2.30. The summed E-state index contributed by atoms with van der Waals surface area (Å²) in [6, 6.07) is 2.51. The second-order valence-electron chi connectivity index (χ2n) is 4.23. The Hall–Kier alpha value is -0.550. The van der Waals surface area contributed by atoms with E-state index < -0.39 is 0 Å². The largest absolute Gasteiger partial charge is 0.306 e. The van der Waals surface area contributed by atoms with E-state index in [0.717, 1.165) is 25.9 Å². The van der Waals surface area contributed by atoms with E-state index in [0.29, 0.717) is 5.92 Å². The van der Waals surface area contributed by atoms with Crippen LogP contribution in [0.5, 0.6) is 0 Å². The quantitative estimate of drug-likeness (QED) is 0.594. The van der Waals surface area contributed by atoms with E-state index in [9.17, 15) is 0 Å². The Balaban J connectivity index is 2.65. The normalized spacial score (nSPS) is 23.9. The van der Waals surface area contributed by atoms with Crippen LogP contribution in [0.25, 0.3) is 0 Å². The fraction of sp³-hybridized carbons (Fsp3) is 0.900. The molecule has 1 aliphatic heterocycles. The van der Waals surface area contributed by atoms with Crippen LogP contribution in [-0.2, 0) is 0 Å². The smallest absolute Gasteiger partial charge is 0.0693 e. The molecule has 0 bridgehead atoms. The average molecular weight is 166 g/mol. The molecule has 0 spiro atoms. The minimum Gasteiger partial charge on any atom is -0.306 e. The molecule has 2 nitrogen and oxygen atoms in total. The van der Waals surface area contributed by atoms with Crippen LogP contribution >= 0.6 is 0 Å². The van der Waals surface area contributed by atoms with Gasteiger partial charge in [0.25, 0.3) is 0 Å². The van der Waals surface area contributed by atoms with Gasteiger partial charge in [-0.05, 0) is 38.9 Å². The molecule has 1 aliphatic rings. The van der Waals surface area contributed by atoms with Gasteiger partial charge in [0.05, 0.1) is 11.5 Å². The molecule has 0 aromatic carbocycles. The van der Waals surface area contributed by atoms with E-state index in [1.807, 2.05) is 0 Å². The Morgan fingerprint density at radius 1 is 1.33 bits per heavy atom. The van der Waals surface area contributed by atoms with Crippen molar-refractivity contribution in [3.8, 4) is 6.07 Å². The van der Waals surface area contributed by atoms with Crippen molar-refractivity contribution in [3.63, 3.8) is 0 Å². The molecule has 1 saturated heterocycles. The number of piperidine rings is 1. The maximum Gasteiger partial charge on any atom is 0.0693 e. The Morgan fingerprint density at radius 3 is 2.17 bits per heavy atom. The van der Waals surface area contributed by atoms with Crippen LogP contribution in [0.4, 0.5) is 0 Å². The first kappa shape index (κ1) is 9.54. The average Bonchev–Trinajstić information content (AvgIpc) is 2.06. The molecule has 0 amide bonds. The fourth-order valence-corrected chi connectivity index (χ4v) is 1.84. The number of nitriles is 1. The summed E-state index contributed by atoms with van der Waals surface area (Å²) in [7, 11) is 2.13. The summed E-state index contributed by atoms with van der Waals surface area (Å²) in [6.07, 6.45) is 2.08. The molecule has 2 heteroatoms. The Kier molecular flexibility index (Phi) is 2.74. The molecule has 0 N–H and O–H groups in total. The lowest BCUT2D eigenvalue weighted by Crippen LogP contribution is -2.40. The van der Waals surface area contributed by atoms with Crippen LogP contribution in [0.3, 0.4) is 0 Å². The summed E-state index contributed by atoms with van der Waals surface area (Å²) >= 11 is 0. The van der Waals surface area contributed by atoms with Gasteiger partial charge in [0.2, 0.25) is 0 Å². The summed E-state index contributed by atoms with van der Waals surface area (Å²) in [6.45, 7) is 6.47. The summed E-state index contributed by atoms with van der Waals surface area (Å²) in [5.41, 5.74) is -0.0352. The van der Waals surface area contributed by atoms with Crippen LogP contribution in [-0.4, -0.2) is 25.0 Å². The molecule has 0 aromatic rings. The molecule has 0 saturated carbocycles. The third-order valence-corrected chi connectivity index (χ3v) is 3.21. The Labute approximate surface area is 75.2 Å². The molecule has 0 aliphatic carbocycles. The van der Waals surface area contributed by atoms with Crippen molar-refractivity contribution in [2.45, 2.75) is 26.7 Å². The van der Waals surface area contributed by atoms with Crippen LogP contribution in [0.2, 0.25) is 0 Å². The van der Waals surface area contributed by atoms with E-state index in [1.165, 1.54) is 0 Å². The second kappa shape index (κ2) is 3.45. The van der Waals surface area contributed by atoms with Gasteiger partial charge in [-0.1, -0.05) is 13.8 Å². The maximum absolute atomic E-state index is 9.13.